The molecular formula is C8H13NOS2. The minimum Gasteiger partial charge on any atom is -0.387 e. The van der Waals surface area contributed by atoms with Gasteiger partial charge in [-0.05, 0) is 12.7 Å². The van der Waals surface area contributed by atoms with E-state index in [1.165, 1.54) is 0 Å². The van der Waals surface area contributed by atoms with Gasteiger partial charge in [-0.3, -0.25) is 0 Å². The zero-order chi connectivity index (χ0) is 8.97. The van der Waals surface area contributed by atoms with E-state index in [0.717, 1.165) is 22.2 Å². The van der Waals surface area contributed by atoms with Crippen LogP contribution in [0.2, 0.25) is 0 Å². The molecule has 0 spiro atoms. The maximum Gasteiger partial charge on any atom is 0.103 e. The van der Waals surface area contributed by atoms with Crippen LogP contribution in [-0.4, -0.2) is 15.8 Å². The summed E-state index contributed by atoms with van der Waals surface area (Å²) in [6.45, 7) is 3.87. The van der Waals surface area contributed by atoms with Crippen LogP contribution >= 0.6 is 23.1 Å². The fraction of sp³-hybridized carbons (Fsp3) is 0.625. The second-order valence-corrected chi connectivity index (χ2v) is 4.70. The number of hydrogen-bond donors (Lipinski definition) is 1. The summed E-state index contributed by atoms with van der Waals surface area (Å²) in [5.41, 5.74) is 0.798. The number of thioether (sulfide) groups is 1. The summed E-state index contributed by atoms with van der Waals surface area (Å²) >= 11 is 3.48. The first-order valence-electron chi connectivity index (χ1n) is 3.94. The Balaban J connectivity index is 2.52. The van der Waals surface area contributed by atoms with Gasteiger partial charge in [-0.1, -0.05) is 6.92 Å². The minimum absolute atomic E-state index is 0.429. The number of rotatable bonds is 4. The maximum absolute atomic E-state index is 9.20. The molecular weight excluding hydrogens is 190 g/mol. The van der Waals surface area contributed by atoms with Gasteiger partial charge in [-0.15, -0.1) is 11.3 Å². The van der Waals surface area contributed by atoms with Crippen molar-refractivity contribution in [2.75, 3.05) is 5.75 Å². The van der Waals surface area contributed by atoms with Gasteiger partial charge >= 0.3 is 0 Å². The molecule has 1 heterocycles. The Morgan fingerprint density at radius 3 is 3.00 bits per heavy atom. The van der Waals surface area contributed by atoms with Gasteiger partial charge in [0.2, 0.25) is 0 Å². The molecule has 0 bridgehead atoms. The van der Waals surface area contributed by atoms with Crippen LogP contribution in [0.1, 0.15) is 30.7 Å². The number of aromatic nitrogens is 1. The number of aliphatic hydroxyl groups is 1. The molecule has 0 fully saturated rings. The highest BCUT2D eigenvalue weighted by molar-refractivity contribution is 7.98. The Labute approximate surface area is 81.0 Å². The lowest BCUT2D eigenvalue weighted by atomic mass is 10.3. The molecule has 0 radical (unpaired) electrons. The molecule has 1 aromatic heterocycles. The summed E-state index contributed by atoms with van der Waals surface area (Å²) in [4.78, 5) is 4.29. The van der Waals surface area contributed by atoms with E-state index in [9.17, 15) is 5.11 Å². The minimum atomic E-state index is -0.429. The van der Waals surface area contributed by atoms with E-state index in [0.29, 0.717) is 0 Å². The average molecular weight is 203 g/mol. The number of aliphatic hydroxyl groups excluding tert-OH is 1. The van der Waals surface area contributed by atoms with Crippen LogP contribution in [0, 0.1) is 0 Å². The molecule has 12 heavy (non-hydrogen) atoms. The van der Waals surface area contributed by atoms with Gasteiger partial charge in [0.15, 0.2) is 0 Å². The second-order valence-electron chi connectivity index (χ2n) is 2.48. The molecule has 0 aliphatic carbocycles. The third-order valence-corrected chi connectivity index (χ3v) is 3.36. The van der Waals surface area contributed by atoms with Gasteiger partial charge in [0, 0.05) is 11.1 Å². The Morgan fingerprint density at radius 2 is 2.50 bits per heavy atom. The summed E-state index contributed by atoms with van der Waals surface area (Å²) in [7, 11) is 0. The third kappa shape index (κ3) is 2.77. The van der Waals surface area contributed by atoms with Gasteiger partial charge < -0.3 is 5.11 Å². The molecule has 4 heteroatoms. The van der Waals surface area contributed by atoms with Crippen LogP contribution in [0.4, 0.5) is 0 Å². The van der Waals surface area contributed by atoms with Crippen molar-refractivity contribution < 1.29 is 5.11 Å². The van der Waals surface area contributed by atoms with Crippen molar-refractivity contribution >= 4 is 23.1 Å². The van der Waals surface area contributed by atoms with Crippen LogP contribution in [0.15, 0.2) is 5.38 Å². The van der Waals surface area contributed by atoms with Crippen molar-refractivity contribution in [2.24, 2.45) is 0 Å². The van der Waals surface area contributed by atoms with Crippen molar-refractivity contribution in [3.8, 4) is 0 Å². The number of hydrogen-bond acceptors (Lipinski definition) is 4. The van der Waals surface area contributed by atoms with E-state index in [-0.39, 0.29) is 0 Å². The highest BCUT2D eigenvalue weighted by Gasteiger charge is 2.05. The Kier molecular flexibility index (Phi) is 4.05. The lowest BCUT2D eigenvalue weighted by Gasteiger charge is -1.96. The zero-order valence-electron chi connectivity index (χ0n) is 7.28. The topological polar surface area (TPSA) is 33.1 Å². The van der Waals surface area contributed by atoms with E-state index in [4.69, 9.17) is 0 Å². The quantitative estimate of drug-likeness (QED) is 0.816. The van der Waals surface area contributed by atoms with E-state index in [1.54, 1.807) is 18.3 Å². The average Bonchev–Trinajstić information content (AvgIpc) is 2.48. The molecule has 0 aliphatic rings. The van der Waals surface area contributed by atoms with Gasteiger partial charge in [-0.25, -0.2) is 4.98 Å². The molecule has 1 atom stereocenters. The molecule has 1 unspecified atom stereocenters. The molecule has 2 nitrogen and oxygen atoms in total. The molecule has 0 aliphatic heterocycles. The van der Waals surface area contributed by atoms with Gasteiger partial charge in [0.05, 0.1) is 11.8 Å². The summed E-state index contributed by atoms with van der Waals surface area (Å²) < 4.78 is 0. The fourth-order valence-electron chi connectivity index (χ4n) is 0.773. The van der Waals surface area contributed by atoms with Crippen molar-refractivity contribution in [2.45, 2.75) is 25.7 Å². The summed E-state index contributed by atoms with van der Waals surface area (Å²) in [6.07, 6.45) is -0.429. The number of thiazole rings is 1. The van der Waals surface area contributed by atoms with Gasteiger partial charge in [0.1, 0.15) is 5.01 Å². The molecule has 1 aromatic rings. The normalized spacial score (nSPS) is 13.2. The van der Waals surface area contributed by atoms with E-state index < -0.39 is 6.10 Å². The summed E-state index contributed by atoms with van der Waals surface area (Å²) in [6, 6.07) is 0. The van der Waals surface area contributed by atoms with E-state index in [2.05, 4.69) is 11.9 Å². The molecule has 68 valence electrons. The van der Waals surface area contributed by atoms with Crippen LogP contribution < -0.4 is 0 Å². The Morgan fingerprint density at radius 1 is 1.75 bits per heavy atom. The molecule has 1 N–H and O–H groups in total. The monoisotopic (exact) mass is 203 g/mol. The smallest absolute Gasteiger partial charge is 0.103 e. The molecule has 0 saturated heterocycles. The molecule has 1 rings (SSSR count). The van der Waals surface area contributed by atoms with Crippen molar-refractivity contribution in [3.63, 3.8) is 0 Å². The lowest BCUT2D eigenvalue weighted by Crippen LogP contribution is -1.91. The molecule has 0 aromatic carbocycles. The predicted octanol–water partition coefficient (Wildman–Crippen LogP) is 2.45. The van der Waals surface area contributed by atoms with Crippen LogP contribution in [0.5, 0.6) is 0 Å². The number of nitrogens with zero attached hydrogens (tertiary/aromatic N) is 1. The van der Waals surface area contributed by atoms with Crippen molar-refractivity contribution in [1.29, 1.82) is 0 Å². The molecule has 0 saturated carbocycles. The van der Waals surface area contributed by atoms with Crippen LogP contribution in [0.3, 0.4) is 0 Å². The van der Waals surface area contributed by atoms with Crippen molar-refractivity contribution in [3.05, 3.63) is 16.1 Å². The first-order valence-corrected chi connectivity index (χ1v) is 5.97. The molecule has 0 amide bonds. The van der Waals surface area contributed by atoms with Gasteiger partial charge in [-0.2, -0.15) is 11.8 Å². The van der Waals surface area contributed by atoms with Crippen molar-refractivity contribution in [1.82, 2.24) is 4.98 Å². The summed E-state index contributed by atoms with van der Waals surface area (Å²) in [5, 5.41) is 12.2. The zero-order valence-corrected chi connectivity index (χ0v) is 8.91. The maximum atomic E-state index is 9.20. The highest BCUT2D eigenvalue weighted by atomic mass is 32.2. The summed E-state index contributed by atoms with van der Waals surface area (Å²) in [5.74, 6) is 2.08. The first kappa shape index (κ1) is 10.0. The second kappa shape index (κ2) is 4.84. The standard InChI is InChI=1S/C8H13NOS2/c1-3-11-5-8-9-7(4-12-8)6(2)10/h4,6,10H,3,5H2,1-2H3. The van der Waals surface area contributed by atoms with Crippen LogP contribution in [-0.2, 0) is 5.75 Å². The highest BCUT2D eigenvalue weighted by Crippen LogP contribution is 2.19. The Hall–Kier alpha value is -0.0600. The van der Waals surface area contributed by atoms with Crippen LogP contribution in [0.25, 0.3) is 0 Å². The first-order chi connectivity index (χ1) is 5.74. The predicted molar refractivity (Wildman–Crippen MR) is 54.6 cm³/mol. The largest absolute Gasteiger partial charge is 0.387 e. The Bertz CT molecular complexity index is 235. The lowest BCUT2D eigenvalue weighted by molar-refractivity contribution is 0.195. The fourth-order valence-corrected chi connectivity index (χ4v) is 2.40. The van der Waals surface area contributed by atoms with Gasteiger partial charge in [0.25, 0.3) is 0 Å². The van der Waals surface area contributed by atoms with E-state index in [1.807, 2.05) is 17.1 Å². The SMILES string of the molecule is CCSCc1nc(C(C)O)cs1. The third-order valence-electron chi connectivity index (χ3n) is 1.43. The van der Waals surface area contributed by atoms with E-state index >= 15 is 0 Å².